The van der Waals surface area contributed by atoms with Crippen molar-refractivity contribution in [3.05, 3.63) is 17.8 Å². The summed E-state index contributed by atoms with van der Waals surface area (Å²) in [6.07, 6.45) is 1.88. The summed E-state index contributed by atoms with van der Waals surface area (Å²) in [6, 6.07) is 2.13. The van der Waals surface area contributed by atoms with Crippen LogP contribution < -0.4 is 10.4 Å². The zero-order chi connectivity index (χ0) is 17.8. The van der Waals surface area contributed by atoms with Crippen LogP contribution in [0.3, 0.4) is 0 Å². The second kappa shape index (κ2) is 5.72. The van der Waals surface area contributed by atoms with Crippen LogP contribution >= 0.6 is 0 Å². The molecule has 2 aliphatic heterocycles. The normalized spacial score (nSPS) is 25.1. The molecular formula is C18H29BN2O3. The van der Waals surface area contributed by atoms with Crippen LogP contribution in [0.5, 0.6) is 0 Å². The molecule has 0 N–H and O–H groups in total. The largest absolute Gasteiger partial charge is 0.496 e. The lowest BCUT2D eigenvalue weighted by Gasteiger charge is -2.39. The monoisotopic (exact) mass is 332 g/mol. The first-order valence-corrected chi connectivity index (χ1v) is 8.72. The number of aromatic nitrogens is 1. The van der Waals surface area contributed by atoms with Crippen LogP contribution in [0.2, 0.25) is 0 Å². The van der Waals surface area contributed by atoms with Crippen molar-refractivity contribution < 1.29 is 14.0 Å². The second-order valence-electron chi connectivity index (χ2n) is 8.53. The van der Waals surface area contributed by atoms with Crippen LogP contribution in [0.1, 0.15) is 47.1 Å². The highest BCUT2D eigenvalue weighted by Gasteiger charge is 2.51. The van der Waals surface area contributed by atoms with Crippen molar-refractivity contribution in [1.29, 1.82) is 0 Å². The minimum absolute atomic E-state index is 0.142. The van der Waals surface area contributed by atoms with Crippen LogP contribution in [0.15, 0.2) is 12.3 Å². The molecule has 0 amide bonds. The van der Waals surface area contributed by atoms with E-state index in [1.807, 2.05) is 6.20 Å². The van der Waals surface area contributed by atoms with E-state index >= 15 is 0 Å². The molecule has 6 heteroatoms. The van der Waals surface area contributed by atoms with E-state index in [1.54, 1.807) is 0 Å². The Kier molecular flexibility index (Phi) is 4.22. The summed E-state index contributed by atoms with van der Waals surface area (Å²) >= 11 is 0. The molecule has 0 spiro atoms. The number of hydrogen-bond donors (Lipinski definition) is 0. The second-order valence-corrected chi connectivity index (χ2v) is 8.53. The van der Waals surface area contributed by atoms with Crippen molar-refractivity contribution in [3.63, 3.8) is 0 Å². The molecule has 3 rings (SSSR count). The van der Waals surface area contributed by atoms with Crippen LogP contribution in [-0.2, 0) is 14.0 Å². The van der Waals surface area contributed by atoms with Crippen molar-refractivity contribution in [2.45, 2.75) is 65.3 Å². The molecule has 0 unspecified atom stereocenters. The van der Waals surface area contributed by atoms with E-state index in [2.05, 4.69) is 59.4 Å². The molecule has 2 aliphatic rings. The molecule has 0 bridgehead atoms. The van der Waals surface area contributed by atoms with Gasteiger partial charge in [-0.15, -0.1) is 0 Å². The molecule has 2 fully saturated rings. The van der Waals surface area contributed by atoms with Gasteiger partial charge in [0.1, 0.15) is 5.82 Å². The number of hydrogen-bond acceptors (Lipinski definition) is 5. The van der Waals surface area contributed by atoms with Crippen molar-refractivity contribution >= 4 is 18.4 Å². The average Bonchev–Trinajstić information content (AvgIpc) is 2.66. The van der Waals surface area contributed by atoms with Crippen LogP contribution in [0.4, 0.5) is 5.82 Å². The van der Waals surface area contributed by atoms with Gasteiger partial charge in [0.15, 0.2) is 0 Å². The molecule has 3 heterocycles. The lowest BCUT2D eigenvalue weighted by atomic mass is 9.79. The first-order valence-electron chi connectivity index (χ1n) is 8.72. The molecule has 24 heavy (non-hydrogen) atoms. The third-order valence-electron chi connectivity index (χ3n) is 5.32. The van der Waals surface area contributed by atoms with Crippen molar-refractivity contribution in [1.82, 2.24) is 4.98 Å². The molecule has 0 radical (unpaired) electrons. The van der Waals surface area contributed by atoms with Crippen LogP contribution in [0, 0.1) is 6.92 Å². The highest BCUT2D eigenvalue weighted by Crippen LogP contribution is 2.36. The quantitative estimate of drug-likeness (QED) is 0.778. The Morgan fingerprint density at radius 2 is 1.71 bits per heavy atom. The number of nitrogens with zero attached hydrogens (tertiary/aromatic N) is 2. The first kappa shape index (κ1) is 17.7. The van der Waals surface area contributed by atoms with E-state index in [1.165, 1.54) is 0 Å². The van der Waals surface area contributed by atoms with E-state index in [0.29, 0.717) is 0 Å². The lowest BCUT2D eigenvalue weighted by molar-refractivity contribution is -0.0279. The lowest BCUT2D eigenvalue weighted by Crippen LogP contribution is -2.49. The van der Waals surface area contributed by atoms with Gasteiger partial charge >= 0.3 is 7.12 Å². The maximum absolute atomic E-state index is 6.13. The van der Waals surface area contributed by atoms with Gasteiger partial charge in [0.25, 0.3) is 0 Å². The number of anilines is 1. The fraction of sp³-hybridized carbons (Fsp3) is 0.722. The topological polar surface area (TPSA) is 43.8 Å². The highest BCUT2D eigenvalue weighted by molar-refractivity contribution is 6.62. The number of pyridine rings is 1. The average molecular weight is 332 g/mol. The summed E-state index contributed by atoms with van der Waals surface area (Å²) in [5.41, 5.74) is 1.30. The maximum Gasteiger partial charge on any atom is 0.496 e. The summed E-state index contributed by atoms with van der Waals surface area (Å²) in [5, 5.41) is 0. The minimum Gasteiger partial charge on any atom is -0.399 e. The minimum atomic E-state index is -0.364. The van der Waals surface area contributed by atoms with Gasteiger partial charge in [-0.3, -0.25) is 0 Å². The fourth-order valence-corrected chi connectivity index (χ4v) is 3.23. The summed E-state index contributed by atoms with van der Waals surface area (Å²) in [6.45, 7) is 17.0. The third-order valence-corrected chi connectivity index (χ3v) is 5.32. The predicted molar refractivity (Wildman–Crippen MR) is 96.9 cm³/mol. The van der Waals surface area contributed by atoms with E-state index in [-0.39, 0.29) is 23.9 Å². The van der Waals surface area contributed by atoms with Gasteiger partial charge < -0.3 is 18.9 Å². The van der Waals surface area contributed by atoms with Crippen molar-refractivity contribution in [2.75, 3.05) is 24.6 Å². The van der Waals surface area contributed by atoms with E-state index in [0.717, 1.165) is 36.5 Å². The van der Waals surface area contributed by atoms with E-state index in [4.69, 9.17) is 19.0 Å². The number of rotatable bonds is 2. The Morgan fingerprint density at radius 1 is 1.08 bits per heavy atom. The number of morpholine rings is 1. The van der Waals surface area contributed by atoms with E-state index in [9.17, 15) is 0 Å². The molecule has 132 valence electrons. The Bertz CT molecular complexity index is 615. The predicted octanol–water partition coefficient (Wildman–Crippen LogP) is 2.30. The Morgan fingerprint density at radius 3 is 2.25 bits per heavy atom. The molecule has 1 aromatic heterocycles. The van der Waals surface area contributed by atoms with Gasteiger partial charge in [0, 0.05) is 24.7 Å². The SMILES string of the molecule is Cc1cc(B2OC(C)(C)C(C)(C)O2)cnc1N1CCOC(C)(C)C1. The van der Waals surface area contributed by atoms with Crippen LogP contribution in [-0.4, -0.2) is 48.6 Å². The van der Waals surface area contributed by atoms with Crippen molar-refractivity contribution in [2.24, 2.45) is 0 Å². The van der Waals surface area contributed by atoms with Crippen molar-refractivity contribution in [3.8, 4) is 0 Å². The zero-order valence-corrected chi connectivity index (χ0v) is 16.0. The summed E-state index contributed by atoms with van der Waals surface area (Å²) < 4.78 is 18.1. The van der Waals surface area contributed by atoms with Gasteiger partial charge in [-0.2, -0.15) is 0 Å². The summed E-state index contributed by atoms with van der Waals surface area (Å²) in [4.78, 5) is 7.02. The molecule has 0 saturated carbocycles. The molecule has 0 aromatic carbocycles. The molecule has 0 aliphatic carbocycles. The first-order chi connectivity index (χ1) is 11.0. The number of ether oxygens (including phenoxy) is 1. The maximum atomic E-state index is 6.13. The third kappa shape index (κ3) is 3.19. The zero-order valence-electron chi connectivity index (χ0n) is 16.0. The van der Waals surface area contributed by atoms with Gasteiger partial charge in [-0.05, 0) is 54.0 Å². The van der Waals surface area contributed by atoms with E-state index < -0.39 is 0 Å². The highest BCUT2D eigenvalue weighted by atomic mass is 16.7. The van der Waals surface area contributed by atoms with Crippen LogP contribution in [0.25, 0.3) is 0 Å². The Balaban J connectivity index is 1.81. The molecule has 1 aromatic rings. The Hall–Kier alpha value is -1.11. The van der Waals surface area contributed by atoms with Gasteiger partial charge in [0.2, 0.25) is 0 Å². The molecule has 2 saturated heterocycles. The smallest absolute Gasteiger partial charge is 0.399 e. The van der Waals surface area contributed by atoms with Gasteiger partial charge in [-0.1, -0.05) is 6.07 Å². The molecule has 0 atom stereocenters. The Labute approximate surface area is 145 Å². The van der Waals surface area contributed by atoms with Gasteiger partial charge in [-0.25, -0.2) is 4.98 Å². The fourth-order valence-electron chi connectivity index (χ4n) is 3.23. The summed E-state index contributed by atoms with van der Waals surface area (Å²) in [7, 11) is -0.364. The standard InChI is InChI=1S/C18H29BN2O3/c1-13-10-14(19-23-17(4,5)18(6,7)24-19)11-20-15(13)21-8-9-22-16(2,3)12-21/h10-11H,8-9,12H2,1-7H3. The molecule has 5 nitrogen and oxygen atoms in total. The van der Waals surface area contributed by atoms with Gasteiger partial charge in [0.05, 0.1) is 23.4 Å². The summed E-state index contributed by atoms with van der Waals surface area (Å²) in [5.74, 6) is 1.02. The number of aryl methyl sites for hydroxylation is 1. The molecular weight excluding hydrogens is 303 g/mol.